The van der Waals surface area contributed by atoms with Gasteiger partial charge in [-0.15, -0.1) is 0 Å². The number of aryl methyl sites for hydroxylation is 1. The van der Waals surface area contributed by atoms with Crippen molar-refractivity contribution < 1.29 is 4.74 Å². The Kier molecular flexibility index (Phi) is 3.92. The minimum atomic E-state index is 0.108. The van der Waals surface area contributed by atoms with E-state index >= 15 is 0 Å². The highest BCUT2D eigenvalue weighted by Crippen LogP contribution is 2.25. The molecule has 0 aromatic heterocycles. The van der Waals surface area contributed by atoms with Gasteiger partial charge in [-0.25, -0.2) is 0 Å². The summed E-state index contributed by atoms with van der Waals surface area (Å²) in [6, 6.07) is 6.30. The lowest BCUT2D eigenvalue weighted by molar-refractivity contribution is 0.402. The standard InChI is InChI=1S/C11H18N2O/c1-4-9-5-6-11(14-3)10(7-9)8(2)13-12/h5-8,13H,4,12H2,1-3H3. The number of ether oxygens (including phenoxy) is 1. The third-order valence-electron chi connectivity index (χ3n) is 2.42. The molecule has 0 amide bonds. The van der Waals surface area contributed by atoms with Crippen LogP contribution in [0.4, 0.5) is 0 Å². The smallest absolute Gasteiger partial charge is 0.123 e. The minimum absolute atomic E-state index is 0.108. The van der Waals surface area contributed by atoms with E-state index < -0.39 is 0 Å². The van der Waals surface area contributed by atoms with E-state index in [0.717, 1.165) is 17.7 Å². The number of hydrogen-bond donors (Lipinski definition) is 2. The van der Waals surface area contributed by atoms with Gasteiger partial charge in [-0.1, -0.05) is 19.1 Å². The van der Waals surface area contributed by atoms with Crippen LogP contribution in [0.1, 0.15) is 31.0 Å². The molecule has 0 heterocycles. The molecule has 78 valence electrons. The Bertz CT molecular complexity index is 299. The number of nitrogens with two attached hydrogens (primary N) is 1. The van der Waals surface area contributed by atoms with Crippen LogP contribution in [0.5, 0.6) is 5.75 Å². The average molecular weight is 194 g/mol. The number of nitrogens with one attached hydrogen (secondary N) is 1. The third-order valence-corrected chi connectivity index (χ3v) is 2.42. The molecular weight excluding hydrogens is 176 g/mol. The molecule has 3 N–H and O–H groups in total. The SMILES string of the molecule is CCc1ccc(OC)c(C(C)NN)c1. The van der Waals surface area contributed by atoms with E-state index in [1.807, 2.05) is 13.0 Å². The van der Waals surface area contributed by atoms with Gasteiger partial charge >= 0.3 is 0 Å². The van der Waals surface area contributed by atoms with E-state index in [0.29, 0.717) is 0 Å². The number of rotatable bonds is 4. The fourth-order valence-corrected chi connectivity index (χ4v) is 1.43. The quantitative estimate of drug-likeness (QED) is 0.567. The van der Waals surface area contributed by atoms with Gasteiger partial charge in [-0.05, 0) is 25.0 Å². The van der Waals surface area contributed by atoms with E-state index in [4.69, 9.17) is 10.6 Å². The first-order chi connectivity index (χ1) is 6.72. The lowest BCUT2D eigenvalue weighted by Gasteiger charge is -2.15. The molecular formula is C11H18N2O. The molecule has 0 aliphatic carbocycles. The first kappa shape index (κ1) is 11.0. The zero-order chi connectivity index (χ0) is 10.6. The van der Waals surface area contributed by atoms with Crippen molar-refractivity contribution in [1.82, 2.24) is 5.43 Å². The van der Waals surface area contributed by atoms with Gasteiger partial charge in [0.1, 0.15) is 5.75 Å². The lowest BCUT2D eigenvalue weighted by atomic mass is 10.0. The van der Waals surface area contributed by atoms with Crippen molar-refractivity contribution in [3.8, 4) is 5.75 Å². The highest BCUT2D eigenvalue weighted by Gasteiger charge is 2.09. The molecule has 0 spiro atoms. The van der Waals surface area contributed by atoms with Crippen molar-refractivity contribution in [1.29, 1.82) is 0 Å². The van der Waals surface area contributed by atoms with Crippen molar-refractivity contribution in [2.75, 3.05) is 7.11 Å². The maximum absolute atomic E-state index is 5.41. The summed E-state index contributed by atoms with van der Waals surface area (Å²) < 4.78 is 5.27. The molecule has 1 rings (SSSR count). The van der Waals surface area contributed by atoms with Gasteiger partial charge in [0, 0.05) is 11.6 Å². The molecule has 0 aliphatic heterocycles. The first-order valence-corrected chi connectivity index (χ1v) is 4.85. The lowest BCUT2D eigenvalue weighted by Crippen LogP contribution is -2.26. The molecule has 0 saturated heterocycles. The molecule has 0 fully saturated rings. The summed E-state index contributed by atoms with van der Waals surface area (Å²) >= 11 is 0. The second kappa shape index (κ2) is 4.98. The molecule has 1 aromatic rings. The van der Waals surface area contributed by atoms with Gasteiger partial charge < -0.3 is 4.74 Å². The third kappa shape index (κ3) is 2.25. The van der Waals surface area contributed by atoms with Crippen molar-refractivity contribution in [2.45, 2.75) is 26.3 Å². The highest BCUT2D eigenvalue weighted by atomic mass is 16.5. The van der Waals surface area contributed by atoms with Crippen LogP contribution >= 0.6 is 0 Å². The molecule has 0 radical (unpaired) electrons. The normalized spacial score (nSPS) is 12.6. The summed E-state index contributed by atoms with van der Waals surface area (Å²) in [5.41, 5.74) is 5.13. The van der Waals surface area contributed by atoms with Crippen LogP contribution in [0, 0.1) is 0 Å². The Morgan fingerprint density at radius 2 is 2.21 bits per heavy atom. The van der Waals surface area contributed by atoms with Gasteiger partial charge in [-0.2, -0.15) is 0 Å². The highest BCUT2D eigenvalue weighted by molar-refractivity contribution is 5.39. The maximum Gasteiger partial charge on any atom is 0.123 e. The molecule has 3 heteroatoms. The molecule has 1 unspecified atom stereocenters. The summed E-state index contributed by atoms with van der Waals surface area (Å²) in [5.74, 6) is 6.30. The van der Waals surface area contributed by atoms with Gasteiger partial charge in [-0.3, -0.25) is 11.3 Å². The molecule has 0 saturated carbocycles. The molecule has 14 heavy (non-hydrogen) atoms. The van der Waals surface area contributed by atoms with Crippen molar-refractivity contribution in [3.63, 3.8) is 0 Å². The fraction of sp³-hybridized carbons (Fsp3) is 0.455. The van der Waals surface area contributed by atoms with Crippen LogP contribution in [-0.2, 0) is 6.42 Å². The zero-order valence-electron chi connectivity index (χ0n) is 9.00. The fourth-order valence-electron chi connectivity index (χ4n) is 1.43. The monoisotopic (exact) mass is 194 g/mol. The topological polar surface area (TPSA) is 47.3 Å². The van der Waals surface area contributed by atoms with E-state index in [9.17, 15) is 0 Å². The molecule has 3 nitrogen and oxygen atoms in total. The first-order valence-electron chi connectivity index (χ1n) is 4.85. The van der Waals surface area contributed by atoms with Crippen LogP contribution < -0.4 is 16.0 Å². The summed E-state index contributed by atoms with van der Waals surface area (Å²) in [6.07, 6.45) is 1.02. The minimum Gasteiger partial charge on any atom is -0.496 e. The van der Waals surface area contributed by atoms with Crippen LogP contribution in [0.25, 0.3) is 0 Å². The van der Waals surface area contributed by atoms with Crippen molar-refractivity contribution in [3.05, 3.63) is 29.3 Å². The predicted molar refractivity (Wildman–Crippen MR) is 58.1 cm³/mol. The van der Waals surface area contributed by atoms with E-state index in [2.05, 4.69) is 24.5 Å². The van der Waals surface area contributed by atoms with E-state index in [1.54, 1.807) is 7.11 Å². The Balaban J connectivity index is 3.08. The van der Waals surface area contributed by atoms with E-state index in [1.165, 1.54) is 5.56 Å². The largest absolute Gasteiger partial charge is 0.496 e. The van der Waals surface area contributed by atoms with Crippen LogP contribution in [0.2, 0.25) is 0 Å². The number of hydrogen-bond acceptors (Lipinski definition) is 3. The van der Waals surface area contributed by atoms with Gasteiger partial charge in [0.2, 0.25) is 0 Å². The summed E-state index contributed by atoms with van der Waals surface area (Å²) in [6.45, 7) is 4.14. The van der Waals surface area contributed by atoms with Crippen molar-refractivity contribution in [2.24, 2.45) is 5.84 Å². The molecule has 1 aromatic carbocycles. The van der Waals surface area contributed by atoms with E-state index in [-0.39, 0.29) is 6.04 Å². The summed E-state index contributed by atoms with van der Waals surface area (Å²) in [7, 11) is 1.67. The Morgan fingerprint density at radius 1 is 1.50 bits per heavy atom. The number of benzene rings is 1. The van der Waals surface area contributed by atoms with Gasteiger partial charge in [0.05, 0.1) is 7.11 Å². The Morgan fingerprint density at radius 3 is 2.71 bits per heavy atom. The Labute approximate surface area is 85.2 Å². The number of hydrazine groups is 1. The Hall–Kier alpha value is -1.06. The molecule has 0 aliphatic rings. The van der Waals surface area contributed by atoms with Crippen LogP contribution in [-0.4, -0.2) is 7.11 Å². The van der Waals surface area contributed by atoms with Crippen LogP contribution in [0.15, 0.2) is 18.2 Å². The average Bonchev–Trinajstić information content (AvgIpc) is 2.27. The zero-order valence-corrected chi connectivity index (χ0v) is 9.00. The number of methoxy groups -OCH3 is 1. The predicted octanol–water partition coefficient (Wildman–Crippen LogP) is 1.78. The second-order valence-electron chi connectivity index (χ2n) is 3.32. The molecule has 1 atom stereocenters. The van der Waals surface area contributed by atoms with Crippen molar-refractivity contribution >= 4 is 0 Å². The van der Waals surface area contributed by atoms with Crippen LogP contribution in [0.3, 0.4) is 0 Å². The van der Waals surface area contributed by atoms with Gasteiger partial charge in [0.25, 0.3) is 0 Å². The maximum atomic E-state index is 5.41. The second-order valence-corrected chi connectivity index (χ2v) is 3.32. The summed E-state index contributed by atoms with van der Waals surface area (Å²) in [5, 5.41) is 0. The summed E-state index contributed by atoms with van der Waals surface area (Å²) in [4.78, 5) is 0. The molecule has 0 bridgehead atoms. The van der Waals surface area contributed by atoms with Gasteiger partial charge in [0.15, 0.2) is 0 Å².